The Morgan fingerprint density at radius 1 is 1.40 bits per heavy atom. The molecule has 0 saturated heterocycles. The number of rotatable bonds is 7. The second-order valence-corrected chi connectivity index (χ2v) is 3.32. The second kappa shape index (κ2) is 7.23. The van der Waals surface area contributed by atoms with Gasteiger partial charge in [-0.1, -0.05) is 19.1 Å². The lowest BCUT2D eigenvalue weighted by Crippen LogP contribution is -2.11. The van der Waals surface area contributed by atoms with Gasteiger partial charge in [-0.2, -0.15) is 0 Å². The zero-order chi connectivity index (χ0) is 10.9. The Kier molecular flexibility index (Phi) is 5.78. The molecule has 0 aliphatic heterocycles. The smallest absolute Gasteiger partial charge is 0.119 e. The lowest BCUT2D eigenvalue weighted by molar-refractivity contribution is 0.289. The summed E-state index contributed by atoms with van der Waals surface area (Å²) in [7, 11) is 0. The van der Waals surface area contributed by atoms with Gasteiger partial charge >= 0.3 is 0 Å². The molecule has 0 saturated carbocycles. The van der Waals surface area contributed by atoms with Gasteiger partial charge in [-0.15, -0.1) is 0 Å². The number of hydrogen-bond acceptors (Lipinski definition) is 2. The molecular formula is C12H18FNO. The Balaban J connectivity index is 2.42. The fourth-order valence-electron chi connectivity index (χ4n) is 1.26. The average Bonchev–Trinajstić information content (AvgIpc) is 2.27. The highest BCUT2D eigenvalue weighted by Gasteiger charge is 1.96. The maximum atomic E-state index is 11.9. The van der Waals surface area contributed by atoms with Crippen LogP contribution in [0.3, 0.4) is 0 Å². The second-order valence-electron chi connectivity index (χ2n) is 3.32. The van der Waals surface area contributed by atoms with Gasteiger partial charge in [0.2, 0.25) is 0 Å². The molecule has 0 bridgehead atoms. The van der Waals surface area contributed by atoms with E-state index in [0.29, 0.717) is 13.0 Å². The van der Waals surface area contributed by atoms with Crippen LogP contribution in [0.4, 0.5) is 4.39 Å². The fraction of sp³-hybridized carbons (Fsp3) is 0.500. The molecule has 0 aliphatic carbocycles. The van der Waals surface area contributed by atoms with Crippen molar-refractivity contribution in [1.82, 2.24) is 5.32 Å². The molecule has 0 atom stereocenters. The van der Waals surface area contributed by atoms with Crippen molar-refractivity contribution in [2.24, 2.45) is 0 Å². The minimum Gasteiger partial charge on any atom is -0.493 e. The van der Waals surface area contributed by atoms with Crippen molar-refractivity contribution < 1.29 is 9.13 Å². The average molecular weight is 211 g/mol. The summed E-state index contributed by atoms with van der Waals surface area (Å²) in [6.45, 7) is 3.99. The summed E-state index contributed by atoms with van der Waals surface area (Å²) in [4.78, 5) is 0. The topological polar surface area (TPSA) is 21.3 Å². The van der Waals surface area contributed by atoms with Crippen molar-refractivity contribution in [3.05, 3.63) is 29.8 Å². The van der Waals surface area contributed by atoms with E-state index >= 15 is 0 Å². The van der Waals surface area contributed by atoms with Crippen LogP contribution in [-0.4, -0.2) is 19.8 Å². The molecule has 0 amide bonds. The highest BCUT2D eigenvalue weighted by molar-refractivity contribution is 5.28. The number of benzene rings is 1. The van der Waals surface area contributed by atoms with Gasteiger partial charge in [0, 0.05) is 13.0 Å². The molecule has 84 valence electrons. The lowest BCUT2D eigenvalue weighted by atomic mass is 10.2. The van der Waals surface area contributed by atoms with Crippen molar-refractivity contribution in [3.8, 4) is 5.75 Å². The Bertz CT molecular complexity index is 278. The maximum Gasteiger partial charge on any atom is 0.119 e. The zero-order valence-corrected chi connectivity index (χ0v) is 9.13. The van der Waals surface area contributed by atoms with Crippen LogP contribution in [0.15, 0.2) is 24.3 Å². The third-order valence-electron chi connectivity index (χ3n) is 2.02. The number of hydrogen-bond donors (Lipinski definition) is 1. The van der Waals surface area contributed by atoms with Gasteiger partial charge in [-0.25, -0.2) is 0 Å². The molecule has 2 nitrogen and oxygen atoms in total. The predicted octanol–water partition coefficient (Wildman–Crippen LogP) is 2.53. The first-order valence-corrected chi connectivity index (χ1v) is 5.35. The molecule has 1 aromatic rings. The van der Waals surface area contributed by atoms with Crippen molar-refractivity contribution in [3.63, 3.8) is 0 Å². The van der Waals surface area contributed by atoms with Gasteiger partial charge < -0.3 is 10.1 Å². The predicted molar refractivity (Wildman–Crippen MR) is 59.9 cm³/mol. The molecule has 0 fully saturated rings. The summed E-state index contributed by atoms with van der Waals surface area (Å²) in [5.74, 6) is 0.818. The molecule has 15 heavy (non-hydrogen) atoms. The number of halogens is 1. The van der Waals surface area contributed by atoms with Gasteiger partial charge in [-0.05, 0) is 24.2 Å². The number of alkyl halides is 1. The molecule has 0 aliphatic rings. The molecule has 0 radical (unpaired) electrons. The van der Waals surface area contributed by atoms with Crippen LogP contribution in [0.2, 0.25) is 0 Å². The first-order valence-electron chi connectivity index (χ1n) is 5.35. The SMILES string of the molecule is CCNCc1cccc(OCCCF)c1. The summed E-state index contributed by atoms with van der Waals surface area (Å²) >= 11 is 0. The van der Waals surface area contributed by atoms with Gasteiger partial charge in [0.15, 0.2) is 0 Å². The molecule has 1 rings (SSSR count). The molecule has 0 heterocycles. The van der Waals surface area contributed by atoms with Crippen LogP contribution >= 0.6 is 0 Å². The quantitative estimate of drug-likeness (QED) is 0.700. The van der Waals surface area contributed by atoms with E-state index in [1.807, 2.05) is 24.3 Å². The minimum atomic E-state index is -0.322. The third-order valence-corrected chi connectivity index (χ3v) is 2.02. The van der Waals surface area contributed by atoms with Crippen LogP contribution in [0.1, 0.15) is 18.9 Å². The number of ether oxygens (including phenoxy) is 1. The molecule has 1 aromatic carbocycles. The third kappa shape index (κ3) is 4.79. The van der Waals surface area contributed by atoms with Crippen molar-refractivity contribution in [2.75, 3.05) is 19.8 Å². The zero-order valence-electron chi connectivity index (χ0n) is 9.13. The minimum absolute atomic E-state index is 0.322. The largest absolute Gasteiger partial charge is 0.493 e. The summed E-state index contributed by atoms with van der Waals surface area (Å²) in [6.07, 6.45) is 0.456. The van der Waals surface area contributed by atoms with E-state index in [2.05, 4.69) is 12.2 Å². The van der Waals surface area contributed by atoms with E-state index in [4.69, 9.17) is 4.74 Å². The lowest BCUT2D eigenvalue weighted by Gasteiger charge is -2.07. The summed E-state index contributed by atoms with van der Waals surface area (Å²) in [5.41, 5.74) is 1.19. The molecule has 3 heteroatoms. The van der Waals surface area contributed by atoms with Crippen LogP contribution < -0.4 is 10.1 Å². The fourth-order valence-corrected chi connectivity index (χ4v) is 1.26. The molecule has 0 unspecified atom stereocenters. The Morgan fingerprint density at radius 2 is 2.27 bits per heavy atom. The van der Waals surface area contributed by atoms with E-state index in [1.54, 1.807) is 0 Å². The highest BCUT2D eigenvalue weighted by atomic mass is 19.1. The van der Waals surface area contributed by atoms with Gasteiger partial charge in [0.05, 0.1) is 13.3 Å². The van der Waals surface area contributed by atoms with Crippen molar-refractivity contribution in [2.45, 2.75) is 19.9 Å². The van der Waals surface area contributed by atoms with Crippen LogP contribution in [-0.2, 0) is 6.54 Å². The van der Waals surface area contributed by atoms with Gasteiger partial charge in [0.1, 0.15) is 5.75 Å². The maximum absolute atomic E-state index is 11.9. The number of nitrogens with one attached hydrogen (secondary N) is 1. The first-order chi connectivity index (χ1) is 7.36. The van der Waals surface area contributed by atoms with Gasteiger partial charge in [0.25, 0.3) is 0 Å². The molecule has 0 aromatic heterocycles. The van der Waals surface area contributed by atoms with E-state index in [1.165, 1.54) is 5.56 Å². The van der Waals surface area contributed by atoms with Crippen LogP contribution in [0.5, 0.6) is 5.75 Å². The molecule has 0 spiro atoms. The highest BCUT2D eigenvalue weighted by Crippen LogP contribution is 2.13. The summed E-state index contributed by atoms with van der Waals surface area (Å²) in [6, 6.07) is 7.89. The normalized spacial score (nSPS) is 10.3. The Hall–Kier alpha value is -1.09. The molecular weight excluding hydrogens is 193 g/mol. The van der Waals surface area contributed by atoms with E-state index in [9.17, 15) is 4.39 Å². The van der Waals surface area contributed by atoms with E-state index in [0.717, 1.165) is 18.8 Å². The Labute approximate surface area is 90.4 Å². The van der Waals surface area contributed by atoms with Crippen molar-refractivity contribution >= 4 is 0 Å². The first kappa shape index (κ1) is 12.0. The summed E-state index contributed by atoms with van der Waals surface area (Å²) in [5, 5.41) is 3.24. The summed E-state index contributed by atoms with van der Waals surface area (Å²) < 4.78 is 17.3. The van der Waals surface area contributed by atoms with E-state index in [-0.39, 0.29) is 6.67 Å². The van der Waals surface area contributed by atoms with E-state index < -0.39 is 0 Å². The standard InChI is InChI=1S/C12H18FNO/c1-2-14-10-11-5-3-6-12(9-11)15-8-4-7-13/h3,5-6,9,14H,2,4,7-8,10H2,1H3. The van der Waals surface area contributed by atoms with Crippen molar-refractivity contribution in [1.29, 1.82) is 0 Å². The molecule has 1 N–H and O–H groups in total. The monoisotopic (exact) mass is 211 g/mol. The van der Waals surface area contributed by atoms with Crippen LogP contribution in [0, 0.1) is 0 Å². The van der Waals surface area contributed by atoms with Crippen LogP contribution in [0.25, 0.3) is 0 Å². The van der Waals surface area contributed by atoms with Gasteiger partial charge in [-0.3, -0.25) is 4.39 Å². The Morgan fingerprint density at radius 3 is 3.00 bits per heavy atom.